The third-order valence-corrected chi connectivity index (χ3v) is 2.81. The highest BCUT2D eigenvalue weighted by molar-refractivity contribution is 6.61. The van der Waals surface area contributed by atoms with E-state index in [4.69, 9.17) is 11.6 Å². The average molecular weight is 289 g/mol. The minimum Gasteiger partial charge on any atom is -0.454 e. The second-order valence-electron chi connectivity index (χ2n) is 4.27. The van der Waals surface area contributed by atoms with Crippen molar-refractivity contribution in [2.24, 2.45) is 0 Å². The van der Waals surface area contributed by atoms with Gasteiger partial charge < -0.3 is 9.30 Å². The van der Waals surface area contributed by atoms with E-state index in [9.17, 15) is 14.4 Å². The first-order valence-electron chi connectivity index (χ1n) is 6.13. The number of aryl methyl sites for hydroxylation is 2. The van der Waals surface area contributed by atoms with Crippen molar-refractivity contribution in [3.63, 3.8) is 0 Å². The average Bonchev–Trinajstić information content (AvgIpc) is 2.33. The van der Waals surface area contributed by atoms with Gasteiger partial charge in [0.15, 0.2) is 0 Å². The highest BCUT2D eigenvalue weighted by Crippen LogP contribution is 2.02. The maximum atomic E-state index is 11.5. The molecular weight excluding hydrogens is 272 g/mol. The topological polar surface area (TPSA) is 81.2 Å². The molecule has 6 nitrogen and oxygen atoms in total. The van der Waals surface area contributed by atoms with Crippen LogP contribution in [0, 0.1) is 6.92 Å². The zero-order chi connectivity index (χ0) is 14.3. The summed E-state index contributed by atoms with van der Waals surface area (Å²) >= 11 is 5.01. The van der Waals surface area contributed by atoms with E-state index in [0.717, 1.165) is 25.7 Å². The number of aromatic amines is 1. The summed E-state index contributed by atoms with van der Waals surface area (Å²) in [5.41, 5.74) is -0.986. The standard InChI is InChI=1S/C12H17ClN2O4/c1-9-8-15(12(18)14-10(9)16)6-4-2-3-5-7-19-11(13)17/h8H,2-7H2,1H3,(H,14,16,18). The molecular formula is C12H17ClN2O4. The normalized spacial score (nSPS) is 10.4. The summed E-state index contributed by atoms with van der Waals surface area (Å²) in [6.07, 6.45) is 4.93. The molecule has 0 amide bonds. The van der Waals surface area contributed by atoms with Gasteiger partial charge in [-0.25, -0.2) is 9.59 Å². The number of rotatable bonds is 7. The Labute approximate surface area is 115 Å². The second kappa shape index (κ2) is 7.78. The molecule has 0 spiro atoms. The smallest absolute Gasteiger partial charge is 0.403 e. The highest BCUT2D eigenvalue weighted by Gasteiger charge is 2.00. The Hall–Kier alpha value is -1.56. The van der Waals surface area contributed by atoms with Crippen LogP contribution in [0.25, 0.3) is 0 Å². The van der Waals surface area contributed by atoms with Gasteiger partial charge in [-0.3, -0.25) is 9.78 Å². The number of carbonyl (C=O) groups is 1. The van der Waals surface area contributed by atoms with Crippen LogP contribution in [-0.4, -0.2) is 21.6 Å². The number of H-pyrrole nitrogens is 1. The lowest BCUT2D eigenvalue weighted by Crippen LogP contribution is -2.30. The van der Waals surface area contributed by atoms with Crippen molar-refractivity contribution in [2.45, 2.75) is 39.2 Å². The van der Waals surface area contributed by atoms with Gasteiger partial charge in [-0.15, -0.1) is 0 Å². The van der Waals surface area contributed by atoms with E-state index in [-0.39, 0.29) is 11.2 Å². The second-order valence-corrected chi connectivity index (χ2v) is 4.57. The van der Waals surface area contributed by atoms with Gasteiger partial charge in [-0.1, -0.05) is 6.42 Å². The van der Waals surface area contributed by atoms with E-state index in [1.54, 1.807) is 13.1 Å². The molecule has 0 aromatic carbocycles. The summed E-state index contributed by atoms with van der Waals surface area (Å²) < 4.78 is 6.08. The highest BCUT2D eigenvalue weighted by atomic mass is 35.5. The molecule has 7 heteroatoms. The van der Waals surface area contributed by atoms with E-state index in [1.807, 2.05) is 0 Å². The molecule has 0 bridgehead atoms. The molecule has 0 aliphatic carbocycles. The van der Waals surface area contributed by atoms with Gasteiger partial charge in [-0.2, -0.15) is 0 Å². The molecule has 1 N–H and O–H groups in total. The van der Waals surface area contributed by atoms with Crippen LogP contribution >= 0.6 is 11.6 Å². The maximum Gasteiger partial charge on any atom is 0.403 e. The summed E-state index contributed by atoms with van der Waals surface area (Å²) in [4.78, 5) is 35.2. The van der Waals surface area contributed by atoms with Crippen LogP contribution in [0.2, 0.25) is 0 Å². The molecule has 1 aromatic rings. The first-order chi connectivity index (χ1) is 9.00. The molecule has 0 aliphatic rings. The molecule has 0 saturated carbocycles. The van der Waals surface area contributed by atoms with Crippen LogP contribution < -0.4 is 11.2 Å². The molecule has 0 radical (unpaired) electrons. The Kier molecular flexibility index (Phi) is 6.35. The minimum atomic E-state index is -0.782. The third-order valence-electron chi connectivity index (χ3n) is 2.70. The Morgan fingerprint density at radius 1 is 1.32 bits per heavy atom. The quantitative estimate of drug-likeness (QED) is 0.612. The fourth-order valence-electron chi connectivity index (χ4n) is 1.67. The molecule has 0 unspecified atom stereocenters. The molecule has 19 heavy (non-hydrogen) atoms. The van der Waals surface area contributed by atoms with E-state index < -0.39 is 5.43 Å². The monoisotopic (exact) mass is 288 g/mol. The van der Waals surface area contributed by atoms with Crippen LogP contribution in [0.1, 0.15) is 31.2 Å². The lowest BCUT2D eigenvalue weighted by atomic mass is 10.2. The van der Waals surface area contributed by atoms with E-state index in [0.29, 0.717) is 18.7 Å². The number of halogens is 1. The largest absolute Gasteiger partial charge is 0.454 e. The molecule has 0 saturated heterocycles. The van der Waals surface area contributed by atoms with Crippen LogP contribution in [0.5, 0.6) is 0 Å². The van der Waals surface area contributed by atoms with E-state index in [1.165, 1.54) is 4.57 Å². The third kappa shape index (κ3) is 5.74. The van der Waals surface area contributed by atoms with Gasteiger partial charge in [0.2, 0.25) is 0 Å². The van der Waals surface area contributed by atoms with E-state index >= 15 is 0 Å². The van der Waals surface area contributed by atoms with Crippen molar-refractivity contribution in [2.75, 3.05) is 6.61 Å². The zero-order valence-electron chi connectivity index (χ0n) is 10.8. The van der Waals surface area contributed by atoms with Crippen LogP contribution in [0.15, 0.2) is 15.8 Å². The fourth-order valence-corrected chi connectivity index (χ4v) is 1.75. The lowest BCUT2D eigenvalue weighted by molar-refractivity contribution is 0.170. The van der Waals surface area contributed by atoms with Gasteiger partial charge >= 0.3 is 11.1 Å². The summed E-state index contributed by atoms with van der Waals surface area (Å²) in [5, 5.41) is 0. The van der Waals surface area contributed by atoms with Crippen molar-refractivity contribution < 1.29 is 9.53 Å². The number of carbonyl (C=O) groups excluding carboxylic acids is 1. The molecule has 0 atom stereocenters. The minimum absolute atomic E-state index is 0.319. The number of aromatic nitrogens is 2. The number of ether oxygens (including phenoxy) is 1. The predicted octanol–water partition coefficient (Wildman–Crippen LogP) is 1.78. The number of hydrogen-bond donors (Lipinski definition) is 1. The Morgan fingerprint density at radius 2 is 2.00 bits per heavy atom. The van der Waals surface area contributed by atoms with Gasteiger partial charge in [0.25, 0.3) is 5.56 Å². The van der Waals surface area contributed by atoms with Crippen molar-refractivity contribution in [3.05, 3.63) is 32.6 Å². The lowest BCUT2D eigenvalue weighted by Gasteiger charge is -2.05. The van der Waals surface area contributed by atoms with Crippen molar-refractivity contribution in [1.82, 2.24) is 9.55 Å². The predicted molar refractivity (Wildman–Crippen MR) is 71.7 cm³/mol. The Bertz CT molecular complexity index is 535. The van der Waals surface area contributed by atoms with Crippen molar-refractivity contribution in [3.8, 4) is 0 Å². The first kappa shape index (κ1) is 15.5. The number of nitrogens with one attached hydrogen (secondary N) is 1. The van der Waals surface area contributed by atoms with Gasteiger partial charge in [0, 0.05) is 29.9 Å². The van der Waals surface area contributed by atoms with Crippen molar-refractivity contribution >= 4 is 17.0 Å². The van der Waals surface area contributed by atoms with Gasteiger partial charge in [-0.05, 0) is 26.2 Å². The molecule has 1 heterocycles. The van der Waals surface area contributed by atoms with Gasteiger partial charge in [0.05, 0.1) is 6.61 Å². The van der Waals surface area contributed by atoms with Crippen molar-refractivity contribution in [1.29, 1.82) is 0 Å². The summed E-state index contributed by atoms with van der Waals surface area (Å²) in [6, 6.07) is 0. The Balaban J connectivity index is 2.27. The number of hydrogen-bond acceptors (Lipinski definition) is 4. The summed E-state index contributed by atoms with van der Waals surface area (Å²) in [7, 11) is 0. The maximum absolute atomic E-state index is 11.5. The molecule has 0 fully saturated rings. The zero-order valence-corrected chi connectivity index (χ0v) is 11.5. The number of unbranched alkanes of at least 4 members (excludes halogenated alkanes) is 3. The van der Waals surface area contributed by atoms with Crippen LogP contribution in [-0.2, 0) is 11.3 Å². The summed E-state index contributed by atoms with van der Waals surface area (Å²) in [5.74, 6) is 0. The molecule has 0 aliphatic heterocycles. The Morgan fingerprint density at radius 3 is 2.68 bits per heavy atom. The van der Waals surface area contributed by atoms with E-state index in [2.05, 4.69) is 9.72 Å². The first-order valence-corrected chi connectivity index (χ1v) is 6.51. The van der Waals surface area contributed by atoms with Gasteiger partial charge in [0.1, 0.15) is 0 Å². The number of nitrogens with zero attached hydrogens (tertiary/aromatic N) is 1. The molecule has 1 rings (SSSR count). The fraction of sp³-hybridized carbons (Fsp3) is 0.583. The molecule has 1 aromatic heterocycles. The summed E-state index contributed by atoms with van der Waals surface area (Å²) in [6.45, 7) is 2.54. The van der Waals surface area contributed by atoms with Crippen LogP contribution in [0.3, 0.4) is 0 Å². The molecule has 106 valence electrons. The SMILES string of the molecule is Cc1cn(CCCCCCOC(=O)Cl)c(=O)[nH]c1=O. The van der Waals surface area contributed by atoms with Crippen LogP contribution in [0.4, 0.5) is 4.79 Å².